The molecule has 1 amide bonds. The lowest BCUT2D eigenvalue weighted by molar-refractivity contribution is 0.0213. The van der Waals surface area contributed by atoms with Crippen LogP contribution < -0.4 is 5.73 Å². The summed E-state index contributed by atoms with van der Waals surface area (Å²) < 4.78 is 5.22. The van der Waals surface area contributed by atoms with E-state index in [-0.39, 0.29) is 6.04 Å². The predicted octanol–water partition coefficient (Wildman–Crippen LogP) is 0.315. The van der Waals surface area contributed by atoms with Gasteiger partial charge in [0.1, 0.15) is 5.60 Å². The first-order valence-corrected chi connectivity index (χ1v) is 5.21. The molecule has 1 heterocycles. The topological polar surface area (TPSA) is 75.8 Å². The molecule has 2 atom stereocenters. The van der Waals surface area contributed by atoms with Crippen molar-refractivity contribution in [1.82, 2.24) is 4.90 Å². The van der Waals surface area contributed by atoms with E-state index in [0.717, 1.165) is 0 Å². The Bertz CT molecular complexity index is 237. The van der Waals surface area contributed by atoms with Gasteiger partial charge in [-0.15, -0.1) is 0 Å². The van der Waals surface area contributed by atoms with E-state index in [9.17, 15) is 9.90 Å². The van der Waals surface area contributed by atoms with E-state index in [1.807, 2.05) is 20.8 Å². The van der Waals surface area contributed by atoms with E-state index >= 15 is 0 Å². The molecular formula is C10H20N2O3. The highest BCUT2D eigenvalue weighted by molar-refractivity contribution is 5.69. The first kappa shape index (κ1) is 12.3. The molecule has 5 heteroatoms. The minimum Gasteiger partial charge on any atom is -0.444 e. The van der Waals surface area contributed by atoms with E-state index in [0.29, 0.717) is 19.5 Å². The van der Waals surface area contributed by atoms with Crippen molar-refractivity contribution in [3.8, 4) is 0 Å². The summed E-state index contributed by atoms with van der Waals surface area (Å²) in [4.78, 5) is 13.2. The van der Waals surface area contributed by atoms with Gasteiger partial charge in [0, 0.05) is 12.6 Å². The van der Waals surface area contributed by atoms with E-state index in [2.05, 4.69) is 0 Å². The summed E-state index contributed by atoms with van der Waals surface area (Å²) in [5, 5.41) is 9.44. The standard InChI is InChI=1S/C10H20N2O3/c1-10(2,3)15-9(14)12-6-8(13)4-7(12)5-11/h7-8,13H,4-6,11H2,1-3H3/t7-,8-/m0/s1. The molecule has 0 aliphatic carbocycles. The molecule has 0 aromatic rings. The molecule has 0 bridgehead atoms. The van der Waals surface area contributed by atoms with Gasteiger partial charge in [0.05, 0.1) is 12.6 Å². The van der Waals surface area contributed by atoms with Crippen molar-refractivity contribution in [3.63, 3.8) is 0 Å². The Morgan fingerprint density at radius 3 is 2.67 bits per heavy atom. The fraction of sp³-hybridized carbons (Fsp3) is 0.900. The highest BCUT2D eigenvalue weighted by atomic mass is 16.6. The van der Waals surface area contributed by atoms with Crippen LogP contribution in [0.5, 0.6) is 0 Å². The molecule has 88 valence electrons. The van der Waals surface area contributed by atoms with Crippen LogP contribution >= 0.6 is 0 Å². The first-order chi connectivity index (χ1) is 6.83. The van der Waals surface area contributed by atoms with Crippen LogP contribution in [0.3, 0.4) is 0 Å². The van der Waals surface area contributed by atoms with E-state index < -0.39 is 17.8 Å². The number of hydrogen-bond acceptors (Lipinski definition) is 4. The molecule has 1 saturated heterocycles. The molecule has 0 radical (unpaired) electrons. The van der Waals surface area contributed by atoms with Crippen LogP contribution in [0.2, 0.25) is 0 Å². The second kappa shape index (κ2) is 4.37. The lowest BCUT2D eigenvalue weighted by Crippen LogP contribution is -2.43. The Morgan fingerprint density at radius 1 is 1.60 bits per heavy atom. The highest BCUT2D eigenvalue weighted by Gasteiger charge is 2.35. The van der Waals surface area contributed by atoms with Crippen LogP contribution in [-0.4, -0.2) is 46.9 Å². The van der Waals surface area contributed by atoms with Crippen molar-refractivity contribution in [2.24, 2.45) is 5.73 Å². The zero-order valence-corrected chi connectivity index (χ0v) is 9.56. The van der Waals surface area contributed by atoms with Crippen LogP contribution in [0.1, 0.15) is 27.2 Å². The highest BCUT2D eigenvalue weighted by Crippen LogP contribution is 2.20. The van der Waals surface area contributed by atoms with Gasteiger partial charge < -0.3 is 20.5 Å². The number of amides is 1. The van der Waals surface area contributed by atoms with E-state index in [1.54, 1.807) is 0 Å². The predicted molar refractivity (Wildman–Crippen MR) is 56.4 cm³/mol. The quantitative estimate of drug-likeness (QED) is 0.661. The number of carbonyl (C=O) groups is 1. The molecule has 3 N–H and O–H groups in total. The molecule has 15 heavy (non-hydrogen) atoms. The summed E-state index contributed by atoms with van der Waals surface area (Å²) in [6.45, 7) is 6.12. The Balaban J connectivity index is 2.59. The fourth-order valence-corrected chi connectivity index (χ4v) is 1.66. The third kappa shape index (κ3) is 3.35. The fourth-order valence-electron chi connectivity index (χ4n) is 1.66. The second-order valence-corrected chi connectivity index (χ2v) is 4.91. The number of likely N-dealkylation sites (tertiary alicyclic amines) is 1. The number of aliphatic hydroxyl groups excluding tert-OH is 1. The van der Waals surface area contributed by atoms with Crippen LogP contribution in [-0.2, 0) is 4.74 Å². The summed E-state index contributed by atoms with van der Waals surface area (Å²) in [6.07, 6.45) is -0.337. The van der Waals surface area contributed by atoms with Gasteiger partial charge in [-0.25, -0.2) is 4.79 Å². The lowest BCUT2D eigenvalue weighted by Gasteiger charge is -2.27. The zero-order chi connectivity index (χ0) is 11.6. The van der Waals surface area contributed by atoms with Crippen molar-refractivity contribution in [3.05, 3.63) is 0 Å². The summed E-state index contributed by atoms with van der Waals surface area (Å²) in [5.74, 6) is 0. The number of nitrogens with zero attached hydrogens (tertiary/aromatic N) is 1. The number of aliphatic hydroxyl groups is 1. The maximum Gasteiger partial charge on any atom is 0.410 e. The summed E-state index contributed by atoms with van der Waals surface area (Å²) >= 11 is 0. The number of hydrogen-bond donors (Lipinski definition) is 2. The molecule has 0 spiro atoms. The number of carbonyl (C=O) groups excluding carboxylic acids is 1. The molecular weight excluding hydrogens is 196 g/mol. The third-order valence-electron chi connectivity index (χ3n) is 2.29. The zero-order valence-electron chi connectivity index (χ0n) is 9.56. The van der Waals surface area contributed by atoms with Crippen LogP contribution in [0, 0.1) is 0 Å². The van der Waals surface area contributed by atoms with Gasteiger partial charge in [-0.1, -0.05) is 0 Å². The summed E-state index contributed by atoms with van der Waals surface area (Å²) in [5.41, 5.74) is 5.02. The molecule has 0 aromatic heterocycles. The van der Waals surface area contributed by atoms with Crippen LogP contribution in [0.25, 0.3) is 0 Å². The molecule has 5 nitrogen and oxygen atoms in total. The number of β-amino-alcohol motifs (C(OH)–C–C–N with tert-alkyl or cyclic N) is 1. The number of rotatable bonds is 1. The normalized spacial score (nSPS) is 26.9. The Kier molecular flexibility index (Phi) is 3.57. The first-order valence-electron chi connectivity index (χ1n) is 5.21. The van der Waals surface area contributed by atoms with Gasteiger partial charge in [0.25, 0.3) is 0 Å². The number of ether oxygens (including phenoxy) is 1. The average molecular weight is 216 g/mol. The Labute approximate surface area is 90.2 Å². The lowest BCUT2D eigenvalue weighted by atomic mass is 10.2. The molecule has 0 unspecified atom stereocenters. The molecule has 0 saturated carbocycles. The molecule has 1 aliphatic rings. The van der Waals surface area contributed by atoms with Gasteiger partial charge >= 0.3 is 6.09 Å². The van der Waals surface area contributed by atoms with Crippen molar-refractivity contribution in [2.75, 3.05) is 13.1 Å². The van der Waals surface area contributed by atoms with E-state index in [4.69, 9.17) is 10.5 Å². The second-order valence-electron chi connectivity index (χ2n) is 4.91. The smallest absolute Gasteiger partial charge is 0.410 e. The van der Waals surface area contributed by atoms with E-state index in [1.165, 1.54) is 4.90 Å². The minimum atomic E-state index is -0.510. The van der Waals surface area contributed by atoms with Gasteiger partial charge in [0.15, 0.2) is 0 Å². The van der Waals surface area contributed by atoms with Gasteiger partial charge in [-0.05, 0) is 27.2 Å². The molecule has 1 aliphatic heterocycles. The van der Waals surface area contributed by atoms with Crippen molar-refractivity contribution in [2.45, 2.75) is 44.9 Å². The molecule has 0 aromatic carbocycles. The van der Waals surface area contributed by atoms with Gasteiger partial charge in [0.2, 0.25) is 0 Å². The average Bonchev–Trinajstić information content (AvgIpc) is 2.43. The molecule has 1 rings (SSSR count). The largest absolute Gasteiger partial charge is 0.444 e. The molecule has 1 fully saturated rings. The number of nitrogens with two attached hydrogens (primary N) is 1. The Morgan fingerprint density at radius 2 is 2.20 bits per heavy atom. The van der Waals surface area contributed by atoms with Gasteiger partial charge in [-0.3, -0.25) is 0 Å². The summed E-state index contributed by atoms with van der Waals surface area (Å²) in [7, 11) is 0. The van der Waals surface area contributed by atoms with Crippen LogP contribution in [0.15, 0.2) is 0 Å². The monoisotopic (exact) mass is 216 g/mol. The van der Waals surface area contributed by atoms with Crippen molar-refractivity contribution in [1.29, 1.82) is 0 Å². The Hall–Kier alpha value is -0.810. The van der Waals surface area contributed by atoms with Crippen molar-refractivity contribution >= 4 is 6.09 Å². The maximum atomic E-state index is 11.7. The SMILES string of the molecule is CC(C)(C)OC(=O)N1C[C@@H](O)C[C@H]1CN. The summed E-state index contributed by atoms with van der Waals surface area (Å²) in [6, 6.07) is -0.102. The van der Waals surface area contributed by atoms with Gasteiger partial charge in [-0.2, -0.15) is 0 Å². The van der Waals surface area contributed by atoms with Crippen molar-refractivity contribution < 1.29 is 14.6 Å². The third-order valence-corrected chi connectivity index (χ3v) is 2.29. The minimum absolute atomic E-state index is 0.102. The maximum absolute atomic E-state index is 11.7. The van der Waals surface area contributed by atoms with Crippen LogP contribution in [0.4, 0.5) is 4.79 Å².